The molecule has 1 saturated heterocycles. The molecule has 27 heavy (non-hydrogen) atoms. The van der Waals surface area contributed by atoms with Gasteiger partial charge >= 0.3 is 0 Å². The summed E-state index contributed by atoms with van der Waals surface area (Å²) >= 11 is 0. The molecule has 0 aromatic heterocycles. The number of fused-ring (bicyclic) bond motifs is 1. The van der Waals surface area contributed by atoms with E-state index in [4.69, 9.17) is 14.2 Å². The number of hydrogen-bond acceptors (Lipinski definition) is 5. The van der Waals surface area contributed by atoms with E-state index in [-0.39, 0.29) is 5.91 Å². The predicted molar refractivity (Wildman–Crippen MR) is 106 cm³/mol. The summed E-state index contributed by atoms with van der Waals surface area (Å²) in [5.41, 5.74) is 0.841. The standard InChI is InChI=1S/C21H30N2O4/c1-16-6-3-4-10-23(16)11-5-9-22-20(24)8-7-17-14-18(25-2)21-19(15-17)26-12-13-27-21/h7-8,14-16H,3-6,9-13H2,1-2H3,(H,22,24)/b8-7+/t16-/m1/s1. The number of benzene rings is 1. The van der Waals surface area contributed by atoms with Crippen molar-refractivity contribution in [3.05, 3.63) is 23.8 Å². The molecule has 1 fully saturated rings. The van der Waals surface area contributed by atoms with E-state index in [2.05, 4.69) is 17.1 Å². The van der Waals surface area contributed by atoms with E-state index in [0.29, 0.717) is 43.0 Å². The van der Waals surface area contributed by atoms with Crippen LogP contribution in [0.15, 0.2) is 18.2 Å². The third-order valence-electron chi connectivity index (χ3n) is 5.14. The van der Waals surface area contributed by atoms with Crippen molar-refractivity contribution in [1.29, 1.82) is 0 Å². The van der Waals surface area contributed by atoms with Gasteiger partial charge in [-0.1, -0.05) is 6.42 Å². The Bertz CT molecular complexity index is 657. The van der Waals surface area contributed by atoms with E-state index in [1.807, 2.05) is 12.1 Å². The fourth-order valence-electron chi connectivity index (χ4n) is 3.60. The number of carbonyl (C=O) groups is 1. The minimum Gasteiger partial charge on any atom is -0.493 e. The van der Waals surface area contributed by atoms with Crippen molar-refractivity contribution < 1.29 is 19.0 Å². The van der Waals surface area contributed by atoms with Crippen LogP contribution < -0.4 is 19.5 Å². The SMILES string of the molecule is COc1cc(/C=C/C(=O)NCCCN2CCCC[C@H]2C)cc2c1OCCO2. The zero-order valence-corrected chi connectivity index (χ0v) is 16.3. The van der Waals surface area contributed by atoms with Crippen molar-refractivity contribution in [2.45, 2.75) is 38.6 Å². The number of hydrogen-bond donors (Lipinski definition) is 1. The number of likely N-dealkylation sites (tertiary alicyclic amines) is 1. The van der Waals surface area contributed by atoms with Crippen molar-refractivity contribution in [2.75, 3.05) is 40.0 Å². The molecule has 1 N–H and O–H groups in total. The Kier molecular flexibility index (Phi) is 6.98. The maximum absolute atomic E-state index is 12.1. The fraction of sp³-hybridized carbons (Fsp3) is 0.571. The van der Waals surface area contributed by atoms with E-state index in [1.165, 1.54) is 25.8 Å². The van der Waals surface area contributed by atoms with E-state index in [0.717, 1.165) is 18.5 Å². The minimum atomic E-state index is -0.0875. The summed E-state index contributed by atoms with van der Waals surface area (Å²) < 4.78 is 16.6. The van der Waals surface area contributed by atoms with Gasteiger partial charge in [-0.3, -0.25) is 4.79 Å². The number of nitrogens with zero attached hydrogens (tertiary/aromatic N) is 1. The Hall–Kier alpha value is -2.21. The fourth-order valence-corrected chi connectivity index (χ4v) is 3.60. The van der Waals surface area contributed by atoms with Crippen molar-refractivity contribution in [3.8, 4) is 17.2 Å². The lowest BCUT2D eigenvalue weighted by Crippen LogP contribution is -2.39. The second-order valence-corrected chi connectivity index (χ2v) is 7.11. The first kappa shape index (κ1) is 19.5. The molecule has 0 bridgehead atoms. The topological polar surface area (TPSA) is 60.0 Å². The number of methoxy groups -OCH3 is 1. The molecular formula is C21H30N2O4. The molecule has 148 valence electrons. The monoisotopic (exact) mass is 374 g/mol. The average Bonchev–Trinajstić information content (AvgIpc) is 2.70. The number of amides is 1. The molecule has 1 aromatic rings. The van der Waals surface area contributed by atoms with Crippen LogP contribution in [-0.4, -0.2) is 56.8 Å². The Balaban J connectivity index is 1.47. The van der Waals surface area contributed by atoms with Crippen molar-refractivity contribution >= 4 is 12.0 Å². The zero-order valence-electron chi connectivity index (χ0n) is 16.3. The first-order valence-corrected chi connectivity index (χ1v) is 9.85. The molecule has 0 spiro atoms. The van der Waals surface area contributed by atoms with E-state index in [9.17, 15) is 4.79 Å². The van der Waals surface area contributed by atoms with Crippen LogP contribution in [-0.2, 0) is 4.79 Å². The molecule has 3 rings (SSSR count). The maximum atomic E-state index is 12.1. The van der Waals surface area contributed by atoms with Crippen LogP contribution in [0.4, 0.5) is 0 Å². The number of nitrogens with one attached hydrogen (secondary N) is 1. The second kappa shape index (κ2) is 9.65. The molecule has 2 aliphatic rings. The number of ether oxygens (including phenoxy) is 3. The van der Waals surface area contributed by atoms with Crippen LogP contribution in [0.1, 0.15) is 38.2 Å². The van der Waals surface area contributed by atoms with Gasteiger partial charge < -0.3 is 24.4 Å². The third kappa shape index (κ3) is 5.39. The van der Waals surface area contributed by atoms with Gasteiger partial charge in [0.25, 0.3) is 0 Å². The quantitative estimate of drug-likeness (QED) is 0.587. The van der Waals surface area contributed by atoms with Crippen LogP contribution in [0.3, 0.4) is 0 Å². The predicted octanol–water partition coefficient (Wildman–Crippen LogP) is 2.86. The first-order chi connectivity index (χ1) is 13.2. The molecule has 6 heteroatoms. The molecule has 0 radical (unpaired) electrons. The second-order valence-electron chi connectivity index (χ2n) is 7.11. The molecule has 0 aliphatic carbocycles. The molecule has 0 saturated carbocycles. The summed E-state index contributed by atoms with van der Waals surface area (Å²) in [5, 5.41) is 2.96. The summed E-state index contributed by atoms with van der Waals surface area (Å²) in [7, 11) is 1.59. The van der Waals surface area contributed by atoms with Crippen molar-refractivity contribution in [1.82, 2.24) is 10.2 Å². The van der Waals surface area contributed by atoms with Gasteiger partial charge in [0.05, 0.1) is 7.11 Å². The van der Waals surface area contributed by atoms with E-state index in [1.54, 1.807) is 19.3 Å². The van der Waals surface area contributed by atoms with E-state index >= 15 is 0 Å². The summed E-state index contributed by atoms with van der Waals surface area (Å²) in [6, 6.07) is 4.37. The molecule has 1 atom stereocenters. The molecular weight excluding hydrogens is 344 g/mol. The Morgan fingerprint density at radius 2 is 2.19 bits per heavy atom. The van der Waals surface area contributed by atoms with Crippen LogP contribution in [0.25, 0.3) is 6.08 Å². The van der Waals surface area contributed by atoms with Crippen LogP contribution >= 0.6 is 0 Å². The highest BCUT2D eigenvalue weighted by atomic mass is 16.6. The summed E-state index contributed by atoms with van der Waals surface area (Å²) in [6.45, 7) is 6.24. The number of carbonyl (C=O) groups excluding carboxylic acids is 1. The lowest BCUT2D eigenvalue weighted by atomic mass is 10.0. The van der Waals surface area contributed by atoms with Crippen molar-refractivity contribution in [3.63, 3.8) is 0 Å². The molecule has 0 unspecified atom stereocenters. The molecule has 2 aliphatic heterocycles. The van der Waals surface area contributed by atoms with Gasteiger partial charge in [-0.25, -0.2) is 0 Å². The van der Waals surface area contributed by atoms with Crippen molar-refractivity contribution in [2.24, 2.45) is 0 Å². The first-order valence-electron chi connectivity index (χ1n) is 9.85. The maximum Gasteiger partial charge on any atom is 0.243 e. The number of piperidine rings is 1. The largest absolute Gasteiger partial charge is 0.493 e. The molecule has 6 nitrogen and oxygen atoms in total. The van der Waals surface area contributed by atoms with Gasteiger partial charge in [0.2, 0.25) is 11.7 Å². The molecule has 1 aromatic carbocycles. The van der Waals surface area contributed by atoms with Gasteiger partial charge in [-0.05, 0) is 56.5 Å². The van der Waals surface area contributed by atoms with Gasteiger partial charge in [0, 0.05) is 25.2 Å². The Labute approximate surface area is 161 Å². The van der Waals surface area contributed by atoms with Crippen LogP contribution in [0.2, 0.25) is 0 Å². The normalized spacial score (nSPS) is 19.9. The summed E-state index contributed by atoms with van der Waals surface area (Å²) in [6.07, 6.45) is 8.20. The minimum absolute atomic E-state index is 0.0875. The van der Waals surface area contributed by atoms with Gasteiger partial charge in [0.1, 0.15) is 13.2 Å². The Morgan fingerprint density at radius 3 is 3.00 bits per heavy atom. The van der Waals surface area contributed by atoms with Gasteiger partial charge in [0.15, 0.2) is 11.5 Å². The third-order valence-corrected chi connectivity index (χ3v) is 5.14. The highest BCUT2D eigenvalue weighted by Gasteiger charge is 2.18. The lowest BCUT2D eigenvalue weighted by molar-refractivity contribution is -0.116. The summed E-state index contributed by atoms with van der Waals surface area (Å²) in [4.78, 5) is 14.6. The zero-order chi connectivity index (χ0) is 19.1. The smallest absolute Gasteiger partial charge is 0.243 e. The number of rotatable bonds is 7. The lowest BCUT2D eigenvalue weighted by Gasteiger charge is -2.33. The highest BCUT2D eigenvalue weighted by Crippen LogP contribution is 2.40. The van der Waals surface area contributed by atoms with Gasteiger partial charge in [-0.2, -0.15) is 0 Å². The molecule has 2 heterocycles. The van der Waals surface area contributed by atoms with Crippen LogP contribution in [0, 0.1) is 0 Å². The van der Waals surface area contributed by atoms with Gasteiger partial charge in [-0.15, -0.1) is 0 Å². The summed E-state index contributed by atoms with van der Waals surface area (Å²) in [5.74, 6) is 1.80. The van der Waals surface area contributed by atoms with E-state index < -0.39 is 0 Å². The highest BCUT2D eigenvalue weighted by molar-refractivity contribution is 5.91. The Morgan fingerprint density at radius 1 is 1.33 bits per heavy atom. The molecule has 1 amide bonds. The average molecular weight is 374 g/mol. The van der Waals surface area contributed by atoms with Crippen LogP contribution in [0.5, 0.6) is 17.2 Å².